The van der Waals surface area contributed by atoms with Crippen LogP contribution in [0.25, 0.3) is 0 Å². The fourth-order valence-electron chi connectivity index (χ4n) is 2.13. The van der Waals surface area contributed by atoms with Gasteiger partial charge in [0, 0.05) is 20.3 Å². The summed E-state index contributed by atoms with van der Waals surface area (Å²) in [4.78, 5) is 0. The van der Waals surface area contributed by atoms with E-state index in [0.29, 0.717) is 6.61 Å². The predicted octanol–water partition coefficient (Wildman–Crippen LogP) is 3.70. The second kappa shape index (κ2) is 9.23. The third-order valence-electron chi connectivity index (χ3n) is 3.48. The summed E-state index contributed by atoms with van der Waals surface area (Å²) in [7, 11) is 1.73. The molecule has 0 aliphatic carbocycles. The summed E-state index contributed by atoms with van der Waals surface area (Å²) in [6.07, 6.45) is 1.04. The number of nitrogens with one attached hydrogen (secondary N) is 1. The first-order valence-corrected chi connectivity index (χ1v) is 7.75. The molecule has 0 saturated carbocycles. The molecule has 0 aromatic heterocycles. The Morgan fingerprint density at radius 1 is 0.909 bits per heavy atom. The zero-order chi connectivity index (χ0) is 15.6. The maximum atomic E-state index is 5.81. The van der Waals surface area contributed by atoms with Crippen molar-refractivity contribution in [3.63, 3.8) is 0 Å². The van der Waals surface area contributed by atoms with Crippen LogP contribution in [0.4, 0.5) is 0 Å². The third-order valence-corrected chi connectivity index (χ3v) is 3.48. The normalized spacial score (nSPS) is 10.6. The van der Waals surface area contributed by atoms with Crippen molar-refractivity contribution in [1.82, 2.24) is 5.32 Å². The molecule has 1 N–H and O–H groups in total. The van der Waals surface area contributed by atoms with E-state index >= 15 is 0 Å². The lowest BCUT2D eigenvalue weighted by Crippen LogP contribution is -2.15. The summed E-state index contributed by atoms with van der Waals surface area (Å²) in [6.45, 7) is 5.35. The Hall–Kier alpha value is -1.84. The van der Waals surface area contributed by atoms with Gasteiger partial charge in [0.25, 0.3) is 0 Å². The van der Waals surface area contributed by atoms with Crippen molar-refractivity contribution in [3.8, 4) is 5.75 Å². The zero-order valence-electron chi connectivity index (χ0n) is 13.5. The van der Waals surface area contributed by atoms with E-state index in [9.17, 15) is 0 Å². The quantitative estimate of drug-likeness (QED) is 0.716. The van der Waals surface area contributed by atoms with Crippen LogP contribution in [-0.4, -0.2) is 20.3 Å². The molecule has 3 heteroatoms. The monoisotopic (exact) mass is 299 g/mol. The minimum atomic E-state index is 0.606. The highest BCUT2D eigenvalue weighted by Crippen LogP contribution is 2.14. The molecule has 22 heavy (non-hydrogen) atoms. The number of hydrogen-bond acceptors (Lipinski definition) is 3. The summed E-state index contributed by atoms with van der Waals surface area (Å²) in [5.74, 6) is 0.906. The Morgan fingerprint density at radius 3 is 2.27 bits per heavy atom. The number of hydrogen-bond donors (Lipinski definition) is 1. The van der Waals surface area contributed by atoms with Gasteiger partial charge < -0.3 is 14.8 Å². The smallest absolute Gasteiger partial charge is 0.119 e. The van der Waals surface area contributed by atoms with Crippen molar-refractivity contribution in [2.75, 3.05) is 20.3 Å². The predicted molar refractivity (Wildman–Crippen MR) is 90.2 cm³/mol. The molecule has 0 atom stereocenters. The van der Waals surface area contributed by atoms with Crippen molar-refractivity contribution in [2.24, 2.45) is 0 Å². The van der Waals surface area contributed by atoms with E-state index < -0.39 is 0 Å². The van der Waals surface area contributed by atoms with Crippen LogP contribution >= 0.6 is 0 Å². The van der Waals surface area contributed by atoms with Crippen molar-refractivity contribution in [3.05, 3.63) is 65.2 Å². The maximum Gasteiger partial charge on any atom is 0.119 e. The molecule has 2 rings (SSSR count). The van der Waals surface area contributed by atoms with Gasteiger partial charge in [0.15, 0.2) is 0 Å². The van der Waals surface area contributed by atoms with E-state index in [4.69, 9.17) is 9.47 Å². The Kier molecular flexibility index (Phi) is 6.94. The van der Waals surface area contributed by atoms with Crippen LogP contribution in [0, 0.1) is 6.92 Å². The molecule has 0 fully saturated rings. The molecule has 0 spiro atoms. The molecule has 0 bridgehead atoms. The summed E-state index contributed by atoms with van der Waals surface area (Å²) in [5, 5.41) is 3.40. The molecule has 0 amide bonds. The lowest BCUT2D eigenvalue weighted by atomic mass is 10.2. The molecule has 0 radical (unpaired) electrons. The number of aryl methyl sites for hydroxylation is 1. The first-order chi connectivity index (χ1) is 10.8. The van der Waals surface area contributed by atoms with Crippen molar-refractivity contribution in [2.45, 2.75) is 26.5 Å². The highest BCUT2D eigenvalue weighted by molar-refractivity contribution is 5.28. The summed E-state index contributed by atoms with van der Waals surface area (Å²) in [6, 6.07) is 16.7. The van der Waals surface area contributed by atoms with Crippen LogP contribution in [0.1, 0.15) is 23.1 Å². The van der Waals surface area contributed by atoms with Crippen LogP contribution in [-0.2, 0) is 17.9 Å². The van der Waals surface area contributed by atoms with E-state index in [1.54, 1.807) is 7.11 Å². The number of methoxy groups -OCH3 is 1. The van der Waals surface area contributed by atoms with Crippen LogP contribution in [0.5, 0.6) is 5.75 Å². The first kappa shape index (κ1) is 16.5. The van der Waals surface area contributed by atoms with Gasteiger partial charge in [-0.2, -0.15) is 0 Å². The van der Waals surface area contributed by atoms with Gasteiger partial charge in [0.05, 0.1) is 0 Å². The fraction of sp³-hybridized carbons (Fsp3) is 0.368. The lowest BCUT2D eigenvalue weighted by molar-refractivity contribution is 0.194. The molecule has 2 aromatic carbocycles. The molecule has 0 aliphatic rings. The zero-order valence-corrected chi connectivity index (χ0v) is 13.5. The summed E-state index contributed by atoms with van der Waals surface area (Å²) >= 11 is 0. The molecule has 0 saturated heterocycles. The number of ether oxygens (including phenoxy) is 2. The van der Waals surface area contributed by atoms with Gasteiger partial charge in [0.1, 0.15) is 12.4 Å². The highest BCUT2D eigenvalue weighted by atomic mass is 16.5. The van der Waals surface area contributed by atoms with Crippen molar-refractivity contribution in [1.29, 1.82) is 0 Å². The first-order valence-electron chi connectivity index (χ1n) is 7.75. The van der Waals surface area contributed by atoms with Crippen molar-refractivity contribution >= 4 is 0 Å². The average molecular weight is 299 g/mol. The molecule has 3 nitrogen and oxygen atoms in total. The van der Waals surface area contributed by atoms with Gasteiger partial charge in [-0.15, -0.1) is 0 Å². The number of rotatable bonds is 9. The van der Waals surface area contributed by atoms with E-state index in [2.05, 4.69) is 48.6 Å². The summed E-state index contributed by atoms with van der Waals surface area (Å²) in [5.41, 5.74) is 3.72. The van der Waals surface area contributed by atoms with Gasteiger partial charge in [-0.05, 0) is 43.1 Å². The summed E-state index contributed by atoms with van der Waals surface area (Å²) < 4.78 is 10.8. The standard InChI is InChI=1S/C19H25NO2/c1-16-4-6-18(7-5-16)15-22-19-10-8-17(9-11-19)14-20-12-3-13-21-2/h4-11,20H,3,12-15H2,1-2H3. The van der Waals surface area contributed by atoms with Gasteiger partial charge in [-0.3, -0.25) is 0 Å². The molecular formula is C19H25NO2. The molecule has 2 aromatic rings. The number of benzene rings is 2. The van der Waals surface area contributed by atoms with Crippen LogP contribution in [0.3, 0.4) is 0 Å². The Balaban J connectivity index is 1.73. The molecule has 118 valence electrons. The van der Waals surface area contributed by atoms with Crippen LogP contribution in [0.2, 0.25) is 0 Å². The third kappa shape index (κ3) is 5.88. The van der Waals surface area contributed by atoms with E-state index in [1.807, 2.05) is 12.1 Å². The van der Waals surface area contributed by atoms with Crippen LogP contribution < -0.4 is 10.1 Å². The minimum absolute atomic E-state index is 0.606. The van der Waals surface area contributed by atoms with Gasteiger partial charge in [-0.25, -0.2) is 0 Å². The molecule has 0 unspecified atom stereocenters. The van der Waals surface area contributed by atoms with E-state index in [-0.39, 0.29) is 0 Å². The van der Waals surface area contributed by atoms with Gasteiger partial charge >= 0.3 is 0 Å². The van der Waals surface area contributed by atoms with Crippen LogP contribution in [0.15, 0.2) is 48.5 Å². The Bertz CT molecular complexity index is 534. The topological polar surface area (TPSA) is 30.5 Å². The highest BCUT2D eigenvalue weighted by Gasteiger charge is 1.98. The van der Waals surface area contributed by atoms with E-state index in [0.717, 1.165) is 31.9 Å². The van der Waals surface area contributed by atoms with E-state index in [1.165, 1.54) is 16.7 Å². The largest absolute Gasteiger partial charge is 0.489 e. The van der Waals surface area contributed by atoms with Gasteiger partial charge in [-0.1, -0.05) is 42.0 Å². The minimum Gasteiger partial charge on any atom is -0.489 e. The Morgan fingerprint density at radius 2 is 1.59 bits per heavy atom. The average Bonchev–Trinajstić information content (AvgIpc) is 2.55. The second-order valence-electron chi connectivity index (χ2n) is 5.44. The second-order valence-corrected chi connectivity index (χ2v) is 5.44. The Labute approximate surface area is 133 Å². The molecular weight excluding hydrogens is 274 g/mol. The SMILES string of the molecule is COCCCNCc1ccc(OCc2ccc(C)cc2)cc1. The lowest BCUT2D eigenvalue weighted by Gasteiger charge is -2.08. The van der Waals surface area contributed by atoms with Gasteiger partial charge in [0.2, 0.25) is 0 Å². The fourth-order valence-corrected chi connectivity index (χ4v) is 2.13. The molecule has 0 aliphatic heterocycles. The van der Waals surface area contributed by atoms with Crippen molar-refractivity contribution < 1.29 is 9.47 Å². The maximum absolute atomic E-state index is 5.81. The molecule has 0 heterocycles.